The first-order valence-corrected chi connectivity index (χ1v) is 3.84. The van der Waals surface area contributed by atoms with Gasteiger partial charge in [0.1, 0.15) is 0 Å². The van der Waals surface area contributed by atoms with Crippen LogP contribution in [0.2, 0.25) is 0 Å². The van der Waals surface area contributed by atoms with Crippen molar-refractivity contribution >= 4 is 5.97 Å². The molecule has 1 saturated heterocycles. The first kappa shape index (κ1) is 9.22. The Morgan fingerprint density at radius 2 is 2.08 bits per heavy atom. The van der Waals surface area contributed by atoms with Gasteiger partial charge in [-0.25, -0.2) is 4.79 Å². The third kappa shape index (κ3) is 2.64. The van der Waals surface area contributed by atoms with Crippen molar-refractivity contribution in [2.45, 2.75) is 19.1 Å². The molecule has 0 saturated carbocycles. The quantitative estimate of drug-likeness (QED) is 0.636. The molecule has 1 heterocycles. The molecule has 12 heavy (non-hydrogen) atoms. The average Bonchev–Trinajstić information content (AvgIpc) is 2.51. The summed E-state index contributed by atoms with van der Waals surface area (Å²) >= 11 is 0. The van der Waals surface area contributed by atoms with Crippen LogP contribution in [0.5, 0.6) is 0 Å². The van der Waals surface area contributed by atoms with Crippen LogP contribution in [-0.2, 0) is 14.3 Å². The Labute approximate surface area is 70.8 Å². The lowest BCUT2D eigenvalue weighted by Crippen LogP contribution is -2.09. The van der Waals surface area contributed by atoms with E-state index in [1.807, 2.05) is 0 Å². The molecule has 0 unspecified atom stereocenters. The van der Waals surface area contributed by atoms with Crippen LogP contribution in [0.3, 0.4) is 0 Å². The molecule has 0 bridgehead atoms. The fourth-order valence-corrected chi connectivity index (χ4v) is 0.973. The Bertz CT molecular complexity index is 181. The van der Waals surface area contributed by atoms with Gasteiger partial charge in [0.2, 0.25) is 0 Å². The van der Waals surface area contributed by atoms with Crippen molar-refractivity contribution in [3.05, 3.63) is 12.2 Å². The summed E-state index contributed by atoms with van der Waals surface area (Å²) in [6.07, 6.45) is 0.756. The van der Waals surface area contributed by atoms with Gasteiger partial charge in [0.15, 0.2) is 6.29 Å². The summed E-state index contributed by atoms with van der Waals surface area (Å²) in [5.74, 6) is -0.951. The first-order valence-electron chi connectivity index (χ1n) is 3.84. The minimum atomic E-state index is -0.951. The lowest BCUT2D eigenvalue weighted by atomic mass is 10.1. The van der Waals surface area contributed by atoms with Crippen LogP contribution in [-0.4, -0.2) is 30.6 Å². The summed E-state index contributed by atoms with van der Waals surface area (Å²) in [6.45, 7) is 4.61. The highest BCUT2D eigenvalue weighted by Crippen LogP contribution is 2.13. The molecule has 1 N–H and O–H groups in total. The molecule has 0 amide bonds. The monoisotopic (exact) mass is 172 g/mol. The van der Waals surface area contributed by atoms with Crippen molar-refractivity contribution in [2.24, 2.45) is 0 Å². The SMILES string of the molecule is C=C(CCC1OCCO1)C(=O)O. The zero-order chi connectivity index (χ0) is 8.97. The number of hydrogen-bond acceptors (Lipinski definition) is 3. The molecule has 0 atom stereocenters. The van der Waals surface area contributed by atoms with E-state index in [2.05, 4.69) is 6.58 Å². The predicted molar refractivity (Wildman–Crippen MR) is 41.7 cm³/mol. The Morgan fingerprint density at radius 1 is 1.50 bits per heavy atom. The van der Waals surface area contributed by atoms with E-state index >= 15 is 0 Å². The molecule has 0 aromatic heterocycles. The molecule has 4 heteroatoms. The van der Waals surface area contributed by atoms with Crippen molar-refractivity contribution in [1.29, 1.82) is 0 Å². The number of carbonyl (C=O) groups is 1. The van der Waals surface area contributed by atoms with Crippen LogP contribution in [0.25, 0.3) is 0 Å². The van der Waals surface area contributed by atoms with Gasteiger partial charge in [-0.2, -0.15) is 0 Å². The van der Waals surface area contributed by atoms with Gasteiger partial charge in [-0.1, -0.05) is 6.58 Å². The van der Waals surface area contributed by atoms with Crippen LogP contribution >= 0.6 is 0 Å². The van der Waals surface area contributed by atoms with Crippen LogP contribution in [0.4, 0.5) is 0 Å². The van der Waals surface area contributed by atoms with Gasteiger partial charge >= 0.3 is 5.97 Å². The number of ether oxygens (including phenoxy) is 2. The van der Waals surface area contributed by atoms with E-state index in [1.165, 1.54) is 0 Å². The van der Waals surface area contributed by atoms with E-state index in [9.17, 15) is 4.79 Å². The molecule has 1 rings (SSSR count). The van der Waals surface area contributed by atoms with Crippen LogP contribution in [0.1, 0.15) is 12.8 Å². The zero-order valence-corrected chi connectivity index (χ0v) is 6.78. The smallest absolute Gasteiger partial charge is 0.330 e. The Hall–Kier alpha value is -0.870. The average molecular weight is 172 g/mol. The lowest BCUT2D eigenvalue weighted by molar-refractivity contribution is -0.132. The van der Waals surface area contributed by atoms with Crippen molar-refractivity contribution in [2.75, 3.05) is 13.2 Å². The summed E-state index contributed by atoms with van der Waals surface area (Å²) in [6, 6.07) is 0. The van der Waals surface area contributed by atoms with E-state index < -0.39 is 5.97 Å². The molecular formula is C8H12O4. The highest BCUT2D eigenvalue weighted by molar-refractivity contribution is 5.85. The second-order valence-corrected chi connectivity index (χ2v) is 2.62. The van der Waals surface area contributed by atoms with Gasteiger partial charge in [0, 0.05) is 12.0 Å². The molecule has 0 radical (unpaired) electrons. The lowest BCUT2D eigenvalue weighted by Gasteiger charge is -2.07. The minimum absolute atomic E-state index is 0.203. The number of hydrogen-bond donors (Lipinski definition) is 1. The Balaban J connectivity index is 2.16. The topological polar surface area (TPSA) is 55.8 Å². The zero-order valence-electron chi connectivity index (χ0n) is 6.78. The second-order valence-electron chi connectivity index (χ2n) is 2.62. The maximum absolute atomic E-state index is 10.3. The Morgan fingerprint density at radius 3 is 2.58 bits per heavy atom. The molecule has 1 aliphatic heterocycles. The third-order valence-corrected chi connectivity index (χ3v) is 1.68. The van der Waals surface area contributed by atoms with E-state index in [0.717, 1.165) is 0 Å². The molecule has 0 aromatic rings. The molecule has 68 valence electrons. The normalized spacial score (nSPS) is 18.0. The van der Waals surface area contributed by atoms with Crippen molar-refractivity contribution in [1.82, 2.24) is 0 Å². The largest absolute Gasteiger partial charge is 0.478 e. The van der Waals surface area contributed by atoms with Crippen LogP contribution in [0.15, 0.2) is 12.2 Å². The highest BCUT2D eigenvalue weighted by Gasteiger charge is 2.16. The van der Waals surface area contributed by atoms with Crippen molar-refractivity contribution in [3.8, 4) is 0 Å². The third-order valence-electron chi connectivity index (χ3n) is 1.68. The van der Waals surface area contributed by atoms with Gasteiger partial charge in [-0.05, 0) is 6.42 Å². The van der Waals surface area contributed by atoms with Gasteiger partial charge in [-0.3, -0.25) is 0 Å². The standard InChI is InChI=1S/C8H12O4/c1-6(8(9)10)2-3-7-11-4-5-12-7/h7H,1-5H2,(H,9,10). The predicted octanol–water partition coefficient (Wildman–Crippen LogP) is 0.780. The van der Waals surface area contributed by atoms with Crippen LogP contribution < -0.4 is 0 Å². The maximum Gasteiger partial charge on any atom is 0.330 e. The molecule has 0 aliphatic carbocycles. The summed E-state index contributed by atoms with van der Waals surface area (Å²) in [7, 11) is 0. The van der Waals surface area contributed by atoms with E-state index in [-0.39, 0.29) is 11.9 Å². The number of aliphatic carboxylic acids is 1. The molecular weight excluding hydrogens is 160 g/mol. The molecule has 4 nitrogen and oxygen atoms in total. The van der Waals surface area contributed by atoms with Crippen LogP contribution in [0, 0.1) is 0 Å². The number of carboxylic acids is 1. The number of rotatable bonds is 4. The maximum atomic E-state index is 10.3. The van der Waals surface area contributed by atoms with Gasteiger partial charge in [-0.15, -0.1) is 0 Å². The summed E-state index contributed by atoms with van der Waals surface area (Å²) in [5, 5.41) is 8.47. The van der Waals surface area contributed by atoms with E-state index in [0.29, 0.717) is 26.1 Å². The number of carboxylic acid groups (broad SMARTS) is 1. The fourth-order valence-electron chi connectivity index (χ4n) is 0.973. The Kier molecular flexibility index (Phi) is 3.25. The summed E-state index contributed by atoms with van der Waals surface area (Å²) in [4.78, 5) is 10.3. The fraction of sp³-hybridized carbons (Fsp3) is 0.625. The molecule has 0 spiro atoms. The summed E-state index contributed by atoms with van der Waals surface area (Å²) < 4.78 is 10.3. The molecule has 1 aliphatic rings. The van der Waals surface area contributed by atoms with E-state index in [4.69, 9.17) is 14.6 Å². The molecule has 0 aromatic carbocycles. The van der Waals surface area contributed by atoms with Crippen molar-refractivity contribution in [3.63, 3.8) is 0 Å². The highest BCUT2D eigenvalue weighted by atomic mass is 16.7. The van der Waals surface area contributed by atoms with Gasteiger partial charge in [0.05, 0.1) is 13.2 Å². The molecule has 1 fully saturated rings. The van der Waals surface area contributed by atoms with E-state index in [1.54, 1.807) is 0 Å². The first-order chi connectivity index (χ1) is 5.70. The van der Waals surface area contributed by atoms with Gasteiger partial charge < -0.3 is 14.6 Å². The second kappa shape index (κ2) is 4.23. The van der Waals surface area contributed by atoms with Crippen molar-refractivity contribution < 1.29 is 19.4 Å². The summed E-state index contributed by atoms with van der Waals surface area (Å²) in [5.41, 5.74) is 0.203. The van der Waals surface area contributed by atoms with Gasteiger partial charge in [0.25, 0.3) is 0 Å². The minimum Gasteiger partial charge on any atom is -0.478 e.